The van der Waals surface area contributed by atoms with Gasteiger partial charge in [0.25, 0.3) is 0 Å². The topological polar surface area (TPSA) is 62.1 Å². The number of aliphatic carboxylic acids is 1. The van der Waals surface area contributed by atoms with Crippen molar-refractivity contribution in [3.8, 4) is 0 Å². The van der Waals surface area contributed by atoms with E-state index in [1.807, 2.05) is 6.92 Å². The van der Waals surface area contributed by atoms with Crippen molar-refractivity contribution in [3.63, 3.8) is 0 Å². The molecule has 33 heavy (non-hydrogen) atoms. The van der Waals surface area contributed by atoms with Crippen LogP contribution in [-0.2, 0) is 22.8 Å². The molecule has 0 bridgehead atoms. The third kappa shape index (κ3) is 6.42. The molecular formula is C28H32N2O3. The van der Waals surface area contributed by atoms with Gasteiger partial charge in [-0.3, -0.25) is 9.69 Å². The molecule has 172 valence electrons. The van der Waals surface area contributed by atoms with E-state index < -0.39 is 5.97 Å². The van der Waals surface area contributed by atoms with Crippen LogP contribution in [0.5, 0.6) is 0 Å². The molecule has 4 rings (SSSR count). The zero-order chi connectivity index (χ0) is 23.0. The summed E-state index contributed by atoms with van der Waals surface area (Å²) in [5.41, 5.74) is 6.78. The van der Waals surface area contributed by atoms with E-state index in [-0.39, 0.29) is 5.92 Å². The number of carbonyl (C=O) groups is 1. The van der Waals surface area contributed by atoms with Gasteiger partial charge in [0, 0.05) is 13.1 Å². The average Bonchev–Trinajstić information content (AvgIpc) is 2.85. The van der Waals surface area contributed by atoms with Crippen molar-refractivity contribution in [2.75, 3.05) is 13.1 Å². The Morgan fingerprint density at radius 2 is 1.88 bits per heavy atom. The summed E-state index contributed by atoms with van der Waals surface area (Å²) in [5, 5.41) is 13.6. The molecule has 2 aromatic carbocycles. The van der Waals surface area contributed by atoms with Gasteiger partial charge in [0.2, 0.25) is 0 Å². The van der Waals surface area contributed by atoms with Crippen LogP contribution in [0.1, 0.15) is 54.9 Å². The molecule has 2 aromatic rings. The maximum absolute atomic E-state index is 11.3. The largest absolute Gasteiger partial charge is 0.481 e. The third-order valence-corrected chi connectivity index (χ3v) is 6.40. The van der Waals surface area contributed by atoms with E-state index in [1.54, 1.807) is 0 Å². The number of likely N-dealkylation sites (tertiary alicyclic amines) is 1. The zero-order valence-corrected chi connectivity index (χ0v) is 19.2. The molecular weight excluding hydrogens is 412 g/mol. The van der Waals surface area contributed by atoms with Gasteiger partial charge < -0.3 is 9.94 Å². The van der Waals surface area contributed by atoms with Gasteiger partial charge in [0.05, 0.1) is 11.6 Å². The fraction of sp³-hybridized carbons (Fsp3) is 0.357. The quantitative estimate of drug-likeness (QED) is 0.422. The first-order chi connectivity index (χ1) is 16.1. The molecule has 1 unspecified atom stereocenters. The molecule has 1 heterocycles. The summed E-state index contributed by atoms with van der Waals surface area (Å²) in [7, 11) is 0. The van der Waals surface area contributed by atoms with Crippen molar-refractivity contribution in [3.05, 3.63) is 89.0 Å². The Hall–Kier alpha value is -3.18. The zero-order valence-electron chi connectivity index (χ0n) is 19.2. The molecule has 0 saturated carbocycles. The van der Waals surface area contributed by atoms with Crippen LogP contribution in [0.3, 0.4) is 0 Å². The first-order valence-corrected chi connectivity index (χ1v) is 11.7. The van der Waals surface area contributed by atoms with E-state index >= 15 is 0 Å². The highest BCUT2D eigenvalue weighted by Gasteiger charge is 2.25. The van der Waals surface area contributed by atoms with Crippen LogP contribution in [0.2, 0.25) is 0 Å². The second-order valence-electron chi connectivity index (χ2n) is 8.92. The lowest BCUT2D eigenvalue weighted by atomic mass is 9.97. The van der Waals surface area contributed by atoms with Crippen molar-refractivity contribution < 1.29 is 14.7 Å². The van der Waals surface area contributed by atoms with Crippen LogP contribution < -0.4 is 0 Å². The van der Waals surface area contributed by atoms with Gasteiger partial charge in [0.1, 0.15) is 6.61 Å². The molecule has 5 nitrogen and oxygen atoms in total. The molecule has 0 amide bonds. The van der Waals surface area contributed by atoms with E-state index in [0.717, 1.165) is 55.6 Å². The molecule has 1 N–H and O–H groups in total. The predicted molar refractivity (Wildman–Crippen MR) is 132 cm³/mol. The van der Waals surface area contributed by atoms with Crippen molar-refractivity contribution >= 4 is 17.3 Å². The molecule has 0 aromatic heterocycles. The smallest absolute Gasteiger partial charge is 0.307 e. The van der Waals surface area contributed by atoms with Gasteiger partial charge in [-0.2, -0.15) is 0 Å². The highest BCUT2D eigenvalue weighted by molar-refractivity contribution is 5.98. The summed E-state index contributed by atoms with van der Waals surface area (Å²) in [6.45, 7) is 4.74. The van der Waals surface area contributed by atoms with E-state index in [1.165, 1.54) is 16.7 Å². The lowest BCUT2D eigenvalue weighted by molar-refractivity contribution is -0.143. The van der Waals surface area contributed by atoms with Crippen LogP contribution in [0.25, 0.3) is 5.57 Å². The van der Waals surface area contributed by atoms with Crippen molar-refractivity contribution in [1.82, 2.24) is 4.90 Å². The standard InChI is InChI=1S/C28H32N2O3/c1-21(29-33-20-23-11-15-26(16-12-23)25-6-3-2-4-7-25)24-13-9-22(10-14-24)18-30-17-5-8-27(19-30)28(31)32/h2-3,6,9-16,27H,4-5,7-8,17-20H2,1H3,(H,31,32). The third-order valence-electron chi connectivity index (χ3n) is 6.40. The van der Waals surface area contributed by atoms with E-state index in [4.69, 9.17) is 4.84 Å². The SMILES string of the molecule is CC(=NOCc1ccc(C2=CC=CCC2)cc1)c1ccc(CN2CCCC(C(=O)O)C2)cc1. The van der Waals surface area contributed by atoms with Gasteiger partial charge in [-0.15, -0.1) is 0 Å². The number of benzene rings is 2. The van der Waals surface area contributed by atoms with Crippen LogP contribution >= 0.6 is 0 Å². The molecule has 2 aliphatic rings. The van der Waals surface area contributed by atoms with Gasteiger partial charge in [-0.1, -0.05) is 71.9 Å². The monoisotopic (exact) mass is 444 g/mol. The Labute approximate surface area is 196 Å². The highest BCUT2D eigenvalue weighted by atomic mass is 16.6. The first-order valence-electron chi connectivity index (χ1n) is 11.7. The normalized spacial score (nSPS) is 19.2. The minimum Gasteiger partial charge on any atom is -0.481 e. The lowest BCUT2D eigenvalue weighted by Gasteiger charge is -2.30. The fourth-order valence-electron chi connectivity index (χ4n) is 4.42. The fourth-order valence-corrected chi connectivity index (χ4v) is 4.42. The van der Waals surface area contributed by atoms with E-state index in [9.17, 15) is 9.90 Å². The minimum atomic E-state index is -0.683. The predicted octanol–water partition coefficient (Wildman–Crippen LogP) is 5.66. The molecule has 1 aliphatic carbocycles. The van der Waals surface area contributed by atoms with Crippen molar-refractivity contribution in [2.24, 2.45) is 11.1 Å². The van der Waals surface area contributed by atoms with E-state index in [2.05, 4.69) is 76.8 Å². The summed E-state index contributed by atoms with van der Waals surface area (Å²) >= 11 is 0. The Kier molecular flexibility index (Phi) is 7.74. The molecule has 1 saturated heterocycles. The summed E-state index contributed by atoms with van der Waals surface area (Å²) < 4.78 is 0. The number of carboxylic acid groups (broad SMARTS) is 1. The van der Waals surface area contributed by atoms with Crippen molar-refractivity contribution in [1.29, 1.82) is 0 Å². The Bertz CT molecular complexity index is 1040. The summed E-state index contributed by atoms with van der Waals surface area (Å²) in [4.78, 5) is 19.1. The van der Waals surface area contributed by atoms with Gasteiger partial charge in [0.15, 0.2) is 0 Å². The van der Waals surface area contributed by atoms with E-state index in [0.29, 0.717) is 13.2 Å². The summed E-state index contributed by atoms with van der Waals surface area (Å²) in [5.74, 6) is -0.931. The number of hydrogen-bond donors (Lipinski definition) is 1. The molecule has 1 fully saturated rings. The Morgan fingerprint density at radius 3 is 2.58 bits per heavy atom. The maximum Gasteiger partial charge on any atom is 0.307 e. The number of oxime groups is 1. The average molecular weight is 445 g/mol. The van der Waals surface area contributed by atoms with Crippen LogP contribution in [-0.4, -0.2) is 34.8 Å². The minimum absolute atomic E-state index is 0.248. The molecule has 1 atom stereocenters. The first kappa shape index (κ1) is 23.0. The number of piperidine rings is 1. The number of carboxylic acids is 1. The second-order valence-corrected chi connectivity index (χ2v) is 8.92. The molecule has 0 spiro atoms. The maximum atomic E-state index is 11.3. The molecule has 1 aliphatic heterocycles. The van der Waals surface area contributed by atoms with Gasteiger partial charge in [-0.25, -0.2) is 0 Å². The van der Waals surface area contributed by atoms with Gasteiger partial charge >= 0.3 is 5.97 Å². The lowest BCUT2D eigenvalue weighted by Crippen LogP contribution is -2.38. The van der Waals surface area contributed by atoms with Crippen molar-refractivity contribution in [2.45, 2.75) is 45.8 Å². The highest BCUT2D eigenvalue weighted by Crippen LogP contribution is 2.24. The molecule has 0 radical (unpaired) electrons. The summed E-state index contributed by atoms with van der Waals surface area (Å²) in [6.07, 6.45) is 10.4. The van der Waals surface area contributed by atoms with Crippen LogP contribution in [0.15, 0.2) is 71.9 Å². The number of nitrogens with zero attached hydrogens (tertiary/aromatic N) is 2. The molecule has 5 heteroatoms. The Morgan fingerprint density at radius 1 is 1.12 bits per heavy atom. The second kappa shape index (κ2) is 11.1. The van der Waals surface area contributed by atoms with Crippen LogP contribution in [0.4, 0.5) is 0 Å². The van der Waals surface area contributed by atoms with Gasteiger partial charge in [-0.05, 0) is 67.0 Å². The Balaban J connectivity index is 1.28. The summed E-state index contributed by atoms with van der Waals surface area (Å²) in [6, 6.07) is 16.8. The number of rotatable bonds is 8. The number of allylic oxidation sites excluding steroid dienone is 4. The number of hydrogen-bond acceptors (Lipinski definition) is 4. The van der Waals surface area contributed by atoms with Crippen LogP contribution in [0, 0.1) is 5.92 Å².